The molecule has 1 N–H and O–H groups in total. The third kappa shape index (κ3) is 1.76. The number of nitrogens with zero attached hydrogens (tertiary/aromatic N) is 3. The van der Waals surface area contributed by atoms with E-state index in [1.807, 2.05) is 6.07 Å². The summed E-state index contributed by atoms with van der Waals surface area (Å²) in [6.07, 6.45) is 2.62. The number of nitrogens with one attached hydrogen (secondary N) is 1. The Kier molecular flexibility index (Phi) is 2.33. The zero-order valence-corrected chi connectivity index (χ0v) is 6.40. The maximum Gasteiger partial charge on any atom is 0.222 e. The Morgan fingerprint density at radius 1 is 1.75 bits per heavy atom. The van der Waals surface area contributed by atoms with Gasteiger partial charge in [0, 0.05) is 6.92 Å². The zero-order valence-electron chi connectivity index (χ0n) is 6.40. The molecule has 0 unspecified atom stereocenters. The summed E-state index contributed by atoms with van der Waals surface area (Å²) in [7, 11) is 0. The number of carbonyl (C=O) groups excluding carboxylic acids is 1. The fourth-order valence-electron chi connectivity index (χ4n) is 0.678. The van der Waals surface area contributed by atoms with Gasteiger partial charge in [-0.3, -0.25) is 4.79 Å². The van der Waals surface area contributed by atoms with Gasteiger partial charge in [-0.15, -0.1) is 0 Å². The van der Waals surface area contributed by atoms with E-state index in [-0.39, 0.29) is 17.3 Å². The van der Waals surface area contributed by atoms with Crippen LogP contribution in [0.25, 0.3) is 0 Å². The summed E-state index contributed by atoms with van der Waals surface area (Å²) in [5.74, 6) is -0.00907. The molecule has 0 aliphatic rings. The van der Waals surface area contributed by atoms with Crippen molar-refractivity contribution in [3.05, 3.63) is 18.1 Å². The van der Waals surface area contributed by atoms with Gasteiger partial charge in [0.25, 0.3) is 0 Å². The van der Waals surface area contributed by atoms with Crippen LogP contribution in [0.4, 0.5) is 5.82 Å². The Morgan fingerprint density at radius 3 is 3.08 bits per heavy atom. The molecular formula is C7H6N4O. The summed E-state index contributed by atoms with van der Waals surface area (Å²) in [4.78, 5) is 18.0. The number of aromatic nitrogens is 2. The first-order chi connectivity index (χ1) is 5.74. The predicted molar refractivity (Wildman–Crippen MR) is 41.1 cm³/mol. The van der Waals surface area contributed by atoms with Crippen LogP contribution in [0, 0.1) is 11.3 Å². The number of hydrogen-bond acceptors (Lipinski definition) is 4. The number of carbonyl (C=O) groups is 1. The third-order valence-corrected chi connectivity index (χ3v) is 1.13. The van der Waals surface area contributed by atoms with E-state index in [1.54, 1.807) is 0 Å². The Bertz CT molecular complexity index is 342. The van der Waals surface area contributed by atoms with Gasteiger partial charge in [0.15, 0.2) is 5.82 Å². The van der Waals surface area contributed by atoms with Crippen LogP contribution >= 0.6 is 0 Å². The molecule has 0 atom stereocenters. The van der Waals surface area contributed by atoms with E-state index in [9.17, 15) is 4.79 Å². The van der Waals surface area contributed by atoms with Crippen LogP contribution in [0.3, 0.4) is 0 Å². The summed E-state index contributed by atoms with van der Waals surface area (Å²) in [5, 5.41) is 11.0. The van der Waals surface area contributed by atoms with Crippen molar-refractivity contribution in [2.24, 2.45) is 0 Å². The highest BCUT2D eigenvalue weighted by molar-refractivity contribution is 5.88. The lowest BCUT2D eigenvalue weighted by Crippen LogP contribution is -2.09. The molecule has 0 saturated carbocycles. The summed E-state index contributed by atoms with van der Waals surface area (Å²) in [6.45, 7) is 1.35. The summed E-state index contributed by atoms with van der Waals surface area (Å²) in [6, 6.07) is 1.86. The molecule has 0 spiro atoms. The van der Waals surface area contributed by atoms with Gasteiger partial charge < -0.3 is 5.32 Å². The molecule has 0 radical (unpaired) electrons. The smallest absolute Gasteiger partial charge is 0.222 e. The molecule has 5 nitrogen and oxygen atoms in total. The molecule has 60 valence electrons. The average molecular weight is 162 g/mol. The normalized spacial score (nSPS) is 8.67. The van der Waals surface area contributed by atoms with Crippen LogP contribution in [0.2, 0.25) is 0 Å². The molecule has 0 aliphatic carbocycles. The van der Waals surface area contributed by atoms with E-state index < -0.39 is 0 Å². The summed E-state index contributed by atoms with van der Waals surface area (Å²) >= 11 is 0. The van der Waals surface area contributed by atoms with Crippen LogP contribution in [-0.2, 0) is 4.79 Å². The second-order valence-electron chi connectivity index (χ2n) is 2.08. The molecule has 1 aromatic rings. The van der Waals surface area contributed by atoms with Gasteiger partial charge in [-0.25, -0.2) is 9.97 Å². The molecule has 12 heavy (non-hydrogen) atoms. The molecule has 5 heteroatoms. The van der Waals surface area contributed by atoms with Crippen molar-refractivity contribution in [3.63, 3.8) is 0 Å². The van der Waals surface area contributed by atoms with Crippen LogP contribution in [0.1, 0.15) is 12.5 Å². The van der Waals surface area contributed by atoms with Crippen molar-refractivity contribution in [2.45, 2.75) is 6.92 Å². The van der Waals surface area contributed by atoms with E-state index in [2.05, 4.69) is 15.3 Å². The van der Waals surface area contributed by atoms with E-state index in [4.69, 9.17) is 5.26 Å². The summed E-state index contributed by atoms with van der Waals surface area (Å²) < 4.78 is 0. The molecule has 0 fully saturated rings. The second kappa shape index (κ2) is 3.44. The standard InChI is InChI=1S/C7H6N4O/c1-5(12)11-7-6(2-8)3-9-4-10-7/h3-4H,1H3,(H,9,10,11,12). The second-order valence-corrected chi connectivity index (χ2v) is 2.08. The fourth-order valence-corrected chi connectivity index (χ4v) is 0.678. The first kappa shape index (κ1) is 8.14. The van der Waals surface area contributed by atoms with Gasteiger partial charge in [0.2, 0.25) is 5.91 Å². The first-order valence-corrected chi connectivity index (χ1v) is 3.21. The molecular weight excluding hydrogens is 156 g/mol. The minimum absolute atomic E-state index is 0.250. The largest absolute Gasteiger partial charge is 0.310 e. The highest BCUT2D eigenvalue weighted by atomic mass is 16.1. The molecule has 1 heterocycles. The van der Waals surface area contributed by atoms with E-state index in [0.717, 1.165) is 0 Å². The van der Waals surface area contributed by atoms with E-state index in [1.165, 1.54) is 19.4 Å². The lowest BCUT2D eigenvalue weighted by atomic mass is 10.3. The van der Waals surface area contributed by atoms with Gasteiger partial charge in [0.1, 0.15) is 18.0 Å². The van der Waals surface area contributed by atoms with E-state index in [0.29, 0.717) is 0 Å². The molecule has 0 bridgehead atoms. The third-order valence-electron chi connectivity index (χ3n) is 1.13. The first-order valence-electron chi connectivity index (χ1n) is 3.21. The summed E-state index contributed by atoms with van der Waals surface area (Å²) in [5.41, 5.74) is 0.257. The van der Waals surface area contributed by atoms with Crippen molar-refractivity contribution in [1.82, 2.24) is 9.97 Å². The van der Waals surface area contributed by atoms with Gasteiger partial charge in [-0.2, -0.15) is 5.26 Å². The Labute approximate surface area is 69.1 Å². The average Bonchev–Trinajstić information content (AvgIpc) is 2.04. The van der Waals surface area contributed by atoms with Crippen molar-refractivity contribution < 1.29 is 4.79 Å². The Morgan fingerprint density at radius 2 is 2.50 bits per heavy atom. The fraction of sp³-hybridized carbons (Fsp3) is 0.143. The van der Waals surface area contributed by atoms with Crippen LogP contribution in [0.5, 0.6) is 0 Å². The Hall–Kier alpha value is -1.96. The predicted octanol–water partition coefficient (Wildman–Crippen LogP) is 0.307. The number of hydrogen-bond donors (Lipinski definition) is 1. The minimum Gasteiger partial charge on any atom is -0.310 e. The van der Waals surface area contributed by atoms with Crippen LogP contribution in [0.15, 0.2) is 12.5 Å². The lowest BCUT2D eigenvalue weighted by Gasteiger charge is -2.00. The molecule has 1 aromatic heterocycles. The van der Waals surface area contributed by atoms with Gasteiger partial charge in [-0.1, -0.05) is 0 Å². The lowest BCUT2D eigenvalue weighted by molar-refractivity contribution is -0.114. The molecule has 0 aromatic carbocycles. The SMILES string of the molecule is CC(=O)Nc1ncncc1C#N. The van der Waals surface area contributed by atoms with Gasteiger partial charge >= 0.3 is 0 Å². The number of nitriles is 1. The van der Waals surface area contributed by atoms with Crippen molar-refractivity contribution >= 4 is 11.7 Å². The van der Waals surface area contributed by atoms with Crippen LogP contribution < -0.4 is 5.32 Å². The van der Waals surface area contributed by atoms with Gasteiger partial charge in [0.05, 0.1) is 6.20 Å². The van der Waals surface area contributed by atoms with Crippen molar-refractivity contribution in [2.75, 3.05) is 5.32 Å². The van der Waals surface area contributed by atoms with Crippen LogP contribution in [-0.4, -0.2) is 15.9 Å². The monoisotopic (exact) mass is 162 g/mol. The zero-order chi connectivity index (χ0) is 8.97. The quantitative estimate of drug-likeness (QED) is 0.644. The maximum atomic E-state index is 10.6. The highest BCUT2D eigenvalue weighted by Crippen LogP contribution is 2.06. The van der Waals surface area contributed by atoms with E-state index >= 15 is 0 Å². The number of amides is 1. The molecule has 0 saturated heterocycles. The molecule has 1 amide bonds. The molecule has 1 rings (SSSR count). The highest BCUT2D eigenvalue weighted by Gasteiger charge is 2.03. The minimum atomic E-state index is -0.259. The Balaban J connectivity index is 2.99. The van der Waals surface area contributed by atoms with Crippen molar-refractivity contribution in [1.29, 1.82) is 5.26 Å². The number of rotatable bonds is 1. The maximum absolute atomic E-state index is 10.6. The van der Waals surface area contributed by atoms with Gasteiger partial charge in [-0.05, 0) is 0 Å². The topological polar surface area (TPSA) is 78.7 Å². The molecule has 0 aliphatic heterocycles. The van der Waals surface area contributed by atoms with Crippen molar-refractivity contribution in [3.8, 4) is 6.07 Å². The number of anilines is 1.